The van der Waals surface area contributed by atoms with Crippen LogP contribution in [0.5, 0.6) is 0 Å². The van der Waals surface area contributed by atoms with Crippen LogP contribution in [-0.4, -0.2) is 25.8 Å². The SMILES string of the molecule is CCNCCOC(C)C. The van der Waals surface area contributed by atoms with Gasteiger partial charge in [-0.1, -0.05) is 6.92 Å². The highest BCUT2D eigenvalue weighted by atomic mass is 16.5. The second-order valence-corrected chi connectivity index (χ2v) is 2.27. The van der Waals surface area contributed by atoms with E-state index < -0.39 is 0 Å². The Morgan fingerprint density at radius 3 is 2.56 bits per heavy atom. The van der Waals surface area contributed by atoms with Gasteiger partial charge in [-0.25, -0.2) is 0 Å². The average Bonchev–Trinajstić information content (AvgIpc) is 1.80. The van der Waals surface area contributed by atoms with Crippen molar-refractivity contribution in [2.45, 2.75) is 26.9 Å². The van der Waals surface area contributed by atoms with Gasteiger partial charge in [-0.05, 0) is 20.4 Å². The summed E-state index contributed by atoms with van der Waals surface area (Å²) in [7, 11) is 0. The van der Waals surface area contributed by atoms with Crippen LogP contribution >= 0.6 is 0 Å². The van der Waals surface area contributed by atoms with Gasteiger partial charge in [0.2, 0.25) is 0 Å². The molecule has 0 saturated heterocycles. The van der Waals surface area contributed by atoms with Crippen molar-refractivity contribution >= 4 is 0 Å². The molecule has 0 radical (unpaired) electrons. The summed E-state index contributed by atoms with van der Waals surface area (Å²) < 4.78 is 5.28. The maximum atomic E-state index is 5.28. The second kappa shape index (κ2) is 6.05. The molecule has 0 aliphatic carbocycles. The van der Waals surface area contributed by atoms with E-state index in [1.54, 1.807) is 0 Å². The van der Waals surface area contributed by atoms with Crippen molar-refractivity contribution in [2.24, 2.45) is 0 Å². The van der Waals surface area contributed by atoms with Crippen LogP contribution in [0.4, 0.5) is 0 Å². The minimum atomic E-state index is 0.364. The summed E-state index contributed by atoms with van der Waals surface area (Å²) in [6, 6.07) is 0. The van der Waals surface area contributed by atoms with Gasteiger partial charge >= 0.3 is 0 Å². The highest BCUT2D eigenvalue weighted by Gasteiger charge is 1.89. The van der Waals surface area contributed by atoms with E-state index in [2.05, 4.69) is 12.2 Å². The standard InChI is InChI=1S/C7H17NO/c1-4-8-5-6-9-7(2)3/h7-8H,4-6H2,1-3H3. The molecule has 56 valence electrons. The van der Waals surface area contributed by atoms with Gasteiger partial charge in [-0.3, -0.25) is 0 Å². The first-order valence-electron chi connectivity index (χ1n) is 3.59. The Balaban J connectivity index is 2.75. The third-order valence-electron chi connectivity index (χ3n) is 0.980. The van der Waals surface area contributed by atoms with E-state index in [9.17, 15) is 0 Å². The van der Waals surface area contributed by atoms with E-state index >= 15 is 0 Å². The Bertz CT molecular complexity index is 54.9. The lowest BCUT2D eigenvalue weighted by Gasteiger charge is -2.06. The minimum Gasteiger partial charge on any atom is -0.377 e. The summed E-state index contributed by atoms with van der Waals surface area (Å²) in [4.78, 5) is 0. The Morgan fingerprint density at radius 2 is 2.11 bits per heavy atom. The lowest BCUT2D eigenvalue weighted by atomic mass is 10.5. The van der Waals surface area contributed by atoms with Crippen LogP contribution in [0.15, 0.2) is 0 Å². The lowest BCUT2D eigenvalue weighted by molar-refractivity contribution is 0.0811. The number of likely N-dealkylation sites (N-methyl/N-ethyl adjacent to an activating group) is 1. The van der Waals surface area contributed by atoms with Crippen LogP contribution in [0.25, 0.3) is 0 Å². The molecule has 0 rings (SSSR count). The van der Waals surface area contributed by atoms with E-state index in [-0.39, 0.29) is 0 Å². The van der Waals surface area contributed by atoms with Crippen molar-refractivity contribution in [3.63, 3.8) is 0 Å². The average molecular weight is 131 g/mol. The minimum absolute atomic E-state index is 0.364. The monoisotopic (exact) mass is 131 g/mol. The molecule has 0 aromatic carbocycles. The molecule has 0 aliphatic heterocycles. The zero-order valence-electron chi connectivity index (χ0n) is 6.61. The molecule has 0 spiro atoms. The predicted octanol–water partition coefficient (Wildman–Crippen LogP) is 1.02. The van der Waals surface area contributed by atoms with Crippen LogP contribution in [0.2, 0.25) is 0 Å². The third-order valence-corrected chi connectivity index (χ3v) is 0.980. The fraction of sp³-hybridized carbons (Fsp3) is 1.00. The number of nitrogens with one attached hydrogen (secondary N) is 1. The zero-order chi connectivity index (χ0) is 7.11. The molecular formula is C7H17NO. The molecule has 2 nitrogen and oxygen atoms in total. The Morgan fingerprint density at radius 1 is 1.44 bits per heavy atom. The maximum absolute atomic E-state index is 5.28. The number of ether oxygens (including phenoxy) is 1. The Kier molecular flexibility index (Phi) is 5.99. The first-order valence-corrected chi connectivity index (χ1v) is 3.59. The van der Waals surface area contributed by atoms with Gasteiger partial charge in [0.05, 0.1) is 12.7 Å². The van der Waals surface area contributed by atoms with E-state index in [1.807, 2.05) is 13.8 Å². The summed E-state index contributed by atoms with van der Waals surface area (Å²) in [6.07, 6.45) is 0.364. The summed E-state index contributed by atoms with van der Waals surface area (Å²) >= 11 is 0. The smallest absolute Gasteiger partial charge is 0.0594 e. The van der Waals surface area contributed by atoms with Crippen molar-refractivity contribution in [2.75, 3.05) is 19.7 Å². The molecule has 0 atom stereocenters. The predicted molar refractivity (Wildman–Crippen MR) is 39.6 cm³/mol. The molecule has 0 aromatic rings. The second-order valence-electron chi connectivity index (χ2n) is 2.27. The van der Waals surface area contributed by atoms with Crippen LogP contribution < -0.4 is 5.32 Å². The molecular weight excluding hydrogens is 114 g/mol. The number of hydrogen-bond donors (Lipinski definition) is 1. The maximum Gasteiger partial charge on any atom is 0.0594 e. The highest BCUT2D eigenvalue weighted by Crippen LogP contribution is 1.84. The highest BCUT2D eigenvalue weighted by molar-refractivity contribution is 4.42. The van der Waals surface area contributed by atoms with Crippen LogP contribution in [0.1, 0.15) is 20.8 Å². The molecule has 0 unspecified atom stereocenters. The summed E-state index contributed by atoms with van der Waals surface area (Å²) in [5, 5.41) is 3.18. The fourth-order valence-electron chi connectivity index (χ4n) is 0.544. The molecule has 0 saturated carbocycles. The molecule has 9 heavy (non-hydrogen) atoms. The van der Waals surface area contributed by atoms with E-state index in [1.165, 1.54) is 0 Å². The zero-order valence-corrected chi connectivity index (χ0v) is 6.61. The summed E-state index contributed by atoms with van der Waals surface area (Å²) in [5.41, 5.74) is 0. The fourth-order valence-corrected chi connectivity index (χ4v) is 0.544. The van der Waals surface area contributed by atoms with Crippen LogP contribution in [0.3, 0.4) is 0 Å². The van der Waals surface area contributed by atoms with Gasteiger partial charge < -0.3 is 10.1 Å². The normalized spacial score (nSPS) is 10.7. The summed E-state index contributed by atoms with van der Waals surface area (Å²) in [5.74, 6) is 0. The van der Waals surface area contributed by atoms with Gasteiger partial charge in [0.1, 0.15) is 0 Å². The molecule has 0 aromatic heterocycles. The molecule has 0 fully saturated rings. The Hall–Kier alpha value is -0.0800. The van der Waals surface area contributed by atoms with Gasteiger partial charge in [0.15, 0.2) is 0 Å². The molecule has 0 aliphatic rings. The van der Waals surface area contributed by atoms with Gasteiger partial charge in [-0.2, -0.15) is 0 Å². The molecule has 0 heterocycles. The topological polar surface area (TPSA) is 21.3 Å². The van der Waals surface area contributed by atoms with Crippen molar-refractivity contribution < 1.29 is 4.74 Å². The number of rotatable bonds is 5. The first kappa shape index (κ1) is 8.92. The van der Waals surface area contributed by atoms with Gasteiger partial charge in [0, 0.05) is 6.54 Å². The van der Waals surface area contributed by atoms with E-state index in [0.29, 0.717) is 6.10 Å². The summed E-state index contributed by atoms with van der Waals surface area (Å²) in [6.45, 7) is 9.01. The molecule has 1 N–H and O–H groups in total. The van der Waals surface area contributed by atoms with E-state index in [0.717, 1.165) is 19.7 Å². The molecule has 0 amide bonds. The number of hydrogen-bond acceptors (Lipinski definition) is 2. The van der Waals surface area contributed by atoms with Crippen molar-refractivity contribution in [1.82, 2.24) is 5.32 Å². The lowest BCUT2D eigenvalue weighted by Crippen LogP contribution is -2.20. The van der Waals surface area contributed by atoms with Crippen LogP contribution in [0, 0.1) is 0 Å². The van der Waals surface area contributed by atoms with Gasteiger partial charge in [-0.15, -0.1) is 0 Å². The first-order chi connectivity index (χ1) is 4.27. The van der Waals surface area contributed by atoms with Crippen molar-refractivity contribution in [3.8, 4) is 0 Å². The molecule has 2 heteroatoms. The molecule has 0 bridgehead atoms. The quantitative estimate of drug-likeness (QED) is 0.562. The third kappa shape index (κ3) is 7.92. The Labute approximate surface area is 57.6 Å². The van der Waals surface area contributed by atoms with Gasteiger partial charge in [0.25, 0.3) is 0 Å². The van der Waals surface area contributed by atoms with Crippen LogP contribution in [-0.2, 0) is 4.74 Å². The van der Waals surface area contributed by atoms with E-state index in [4.69, 9.17) is 4.74 Å². The van der Waals surface area contributed by atoms with Crippen molar-refractivity contribution in [3.05, 3.63) is 0 Å². The van der Waals surface area contributed by atoms with Crippen molar-refractivity contribution in [1.29, 1.82) is 0 Å². The largest absolute Gasteiger partial charge is 0.377 e.